The average molecular weight is 310 g/mol. The summed E-state index contributed by atoms with van der Waals surface area (Å²) in [5.74, 6) is 1.09. The van der Waals surface area contributed by atoms with Crippen molar-refractivity contribution in [3.05, 3.63) is 5.82 Å². The molecule has 21 heavy (non-hydrogen) atoms. The lowest BCUT2D eigenvalue weighted by molar-refractivity contribution is -0.138. The van der Waals surface area contributed by atoms with E-state index in [4.69, 9.17) is 0 Å². The Morgan fingerprint density at radius 2 is 1.95 bits per heavy atom. The number of aromatic nitrogens is 2. The Labute approximate surface area is 131 Å². The molecule has 0 aliphatic heterocycles. The van der Waals surface area contributed by atoms with Crippen LogP contribution in [0.2, 0.25) is 0 Å². The summed E-state index contributed by atoms with van der Waals surface area (Å²) < 4.78 is 4.41. The van der Waals surface area contributed by atoms with Gasteiger partial charge in [-0.1, -0.05) is 33.6 Å². The minimum Gasteiger partial charge on any atom is -0.359 e. The highest BCUT2D eigenvalue weighted by atomic mass is 32.1. The number of anilines is 1. The number of hydrogen-bond donors (Lipinski definition) is 1. The lowest BCUT2D eigenvalue weighted by atomic mass is 9.84. The topological polar surface area (TPSA) is 58.1 Å². The highest BCUT2D eigenvalue weighted by Crippen LogP contribution is 2.39. The molecule has 1 N–H and O–H groups in total. The molecule has 0 atom stereocenters. The van der Waals surface area contributed by atoms with Gasteiger partial charge in [0.2, 0.25) is 11.0 Å². The number of carbonyl (C=O) groups excluding carboxylic acids is 1. The number of amides is 1. The van der Waals surface area contributed by atoms with Crippen LogP contribution in [0.4, 0.5) is 5.13 Å². The molecular formula is C15H26N4OS. The molecule has 0 radical (unpaired) electrons. The third-order valence-electron chi connectivity index (χ3n) is 4.10. The molecule has 1 heterocycles. The number of hydrogen-bond acceptors (Lipinski definition) is 5. The summed E-state index contributed by atoms with van der Waals surface area (Å²) in [5, 5.41) is 4.17. The fourth-order valence-corrected chi connectivity index (χ4v) is 3.59. The number of rotatable bonds is 4. The first-order valence-electron chi connectivity index (χ1n) is 7.54. The Balaban J connectivity index is 2.06. The number of nitrogens with one attached hydrogen (secondary N) is 1. The quantitative estimate of drug-likeness (QED) is 0.929. The largest absolute Gasteiger partial charge is 0.359 e. The van der Waals surface area contributed by atoms with Crippen LogP contribution in [0.25, 0.3) is 0 Å². The molecule has 1 aliphatic rings. The van der Waals surface area contributed by atoms with Gasteiger partial charge in [-0.3, -0.25) is 4.79 Å². The molecule has 0 bridgehead atoms. The van der Waals surface area contributed by atoms with E-state index in [0.717, 1.165) is 36.6 Å². The van der Waals surface area contributed by atoms with E-state index in [1.165, 1.54) is 11.5 Å². The van der Waals surface area contributed by atoms with Gasteiger partial charge in [-0.2, -0.15) is 4.37 Å². The molecule has 0 saturated heterocycles. The molecule has 1 amide bonds. The maximum absolute atomic E-state index is 12.5. The van der Waals surface area contributed by atoms with Gasteiger partial charge in [0.05, 0.1) is 5.41 Å². The van der Waals surface area contributed by atoms with Crippen LogP contribution in [0.1, 0.15) is 52.3 Å². The second-order valence-electron chi connectivity index (χ2n) is 7.21. The lowest BCUT2D eigenvalue weighted by Crippen LogP contribution is -2.43. The molecule has 2 rings (SSSR count). The van der Waals surface area contributed by atoms with Crippen LogP contribution in [0, 0.1) is 5.41 Å². The van der Waals surface area contributed by atoms with Crippen LogP contribution in [0.15, 0.2) is 0 Å². The zero-order chi connectivity index (χ0) is 15.7. The minimum absolute atomic E-state index is 0.0407. The Bertz CT molecular complexity index is 498. The van der Waals surface area contributed by atoms with Gasteiger partial charge in [0.25, 0.3) is 0 Å². The highest BCUT2D eigenvalue weighted by Gasteiger charge is 2.42. The zero-order valence-electron chi connectivity index (χ0n) is 13.7. The van der Waals surface area contributed by atoms with Crippen molar-refractivity contribution in [1.82, 2.24) is 14.3 Å². The lowest BCUT2D eigenvalue weighted by Gasteiger charge is -2.30. The molecule has 6 heteroatoms. The zero-order valence-corrected chi connectivity index (χ0v) is 14.5. The van der Waals surface area contributed by atoms with Crippen molar-refractivity contribution in [1.29, 1.82) is 0 Å². The van der Waals surface area contributed by atoms with E-state index in [2.05, 4.69) is 35.4 Å². The second-order valence-corrected chi connectivity index (χ2v) is 7.97. The molecule has 0 unspecified atom stereocenters. The molecular weight excluding hydrogens is 284 g/mol. The third-order valence-corrected chi connectivity index (χ3v) is 4.77. The SMILES string of the molecule is CN(C)C(=O)C1(CNc2nc(C(C)(C)C)ns2)CCCC1. The number of nitrogens with zero attached hydrogens (tertiary/aromatic N) is 3. The summed E-state index contributed by atoms with van der Waals surface area (Å²) in [7, 11) is 3.68. The van der Waals surface area contributed by atoms with E-state index in [1.807, 2.05) is 14.1 Å². The molecule has 118 valence electrons. The van der Waals surface area contributed by atoms with Gasteiger partial charge in [-0.15, -0.1) is 0 Å². The normalized spacial score (nSPS) is 17.8. The van der Waals surface area contributed by atoms with Gasteiger partial charge >= 0.3 is 0 Å². The van der Waals surface area contributed by atoms with Crippen LogP contribution >= 0.6 is 11.5 Å². The van der Waals surface area contributed by atoms with Crippen LogP contribution in [0.3, 0.4) is 0 Å². The molecule has 1 aromatic rings. The first-order chi connectivity index (χ1) is 9.74. The van der Waals surface area contributed by atoms with Crippen molar-refractivity contribution in [3.8, 4) is 0 Å². The monoisotopic (exact) mass is 310 g/mol. The Hall–Kier alpha value is -1.17. The first-order valence-corrected chi connectivity index (χ1v) is 8.32. The van der Waals surface area contributed by atoms with Crippen molar-refractivity contribution in [2.45, 2.75) is 51.9 Å². The van der Waals surface area contributed by atoms with Crippen LogP contribution in [-0.4, -0.2) is 40.8 Å². The summed E-state index contributed by atoms with van der Waals surface area (Å²) in [5.41, 5.74) is -0.308. The van der Waals surface area contributed by atoms with Crippen molar-refractivity contribution in [2.24, 2.45) is 5.41 Å². The smallest absolute Gasteiger partial charge is 0.230 e. The van der Waals surface area contributed by atoms with Crippen molar-refractivity contribution in [3.63, 3.8) is 0 Å². The van der Waals surface area contributed by atoms with Gasteiger partial charge in [-0.05, 0) is 12.8 Å². The van der Waals surface area contributed by atoms with Gasteiger partial charge in [-0.25, -0.2) is 4.98 Å². The molecule has 1 aliphatic carbocycles. The Morgan fingerprint density at radius 3 is 2.43 bits per heavy atom. The van der Waals surface area contributed by atoms with Crippen LogP contribution in [-0.2, 0) is 10.2 Å². The number of carbonyl (C=O) groups is 1. The molecule has 0 aromatic carbocycles. The standard InChI is InChI=1S/C15H26N4OS/c1-14(2,3)11-17-13(21-18-11)16-10-15(8-6-7-9-15)12(20)19(4)5/h6-10H2,1-5H3,(H,16,17,18). The third kappa shape index (κ3) is 3.54. The average Bonchev–Trinajstić information content (AvgIpc) is 3.04. The second kappa shape index (κ2) is 5.91. The van der Waals surface area contributed by atoms with E-state index in [-0.39, 0.29) is 16.7 Å². The summed E-state index contributed by atoms with van der Waals surface area (Å²) in [4.78, 5) is 18.8. The summed E-state index contributed by atoms with van der Waals surface area (Å²) in [6, 6.07) is 0. The van der Waals surface area contributed by atoms with Crippen LogP contribution in [0.5, 0.6) is 0 Å². The van der Waals surface area contributed by atoms with Gasteiger partial charge in [0, 0.05) is 37.6 Å². The summed E-state index contributed by atoms with van der Waals surface area (Å²) in [6.07, 6.45) is 4.18. The van der Waals surface area contributed by atoms with Crippen molar-refractivity contribution in [2.75, 3.05) is 26.0 Å². The van der Waals surface area contributed by atoms with E-state index >= 15 is 0 Å². The minimum atomic E-state index is -0.267. The molecule has 1 fully saturated rings. The van der Waals surface area contributed by atoms with E-state index in [9.17, 15) is 4.79 Å². The molecule has 0 spiro atoms. The predicted molar refractivity (Wildman–Crippen MR) is 86.7 cm³/mol. The van der Waals surface area contributed by atoms with E-state index < -0.39 is 0 Å². The predicted octanol–water partition coefficient (Wildman–Crippen LogP) is 2.90. The Kier molecular flexibility index (Phi) is 4.56. The van der Waals surface area contributed by atoms with Crippen LogP contribution < -0.4 is 5.32 Å². The van der Waals surface area contributed by atoms with Gasteiger partial charge in [0.15, 0.2) is 0 Å². The molecule has 1 saturated carbocycles. The highest BCUT2D eigenvalue weighted by molar-refractivity contribution is 7.09. The molecule has 5 nitrogen and oxygen atoms in total. The van der Waals surface area contributed by atoms with Crippen molar-refractivity contribution >= 4 is 22.6 Å². The maximum Gasteiger partial charge on any atom is 0.230 e. The van der Waals surface area contributed by atoms with Crippen molar-refractivity contribution < 1.29 is 4.79 Å². The summed E-state index contributed by atoms with van der Waals surface area (Å²) >= 11 is 1.38. The van der Waals surface area contributed by atoms with E-state index in [1.54, 1.807) is 4.90 Å². The fourth-order valence-electron chi connectivity index (χ4n) is 2.84. The summed E-state index contributed by atoms with van der Waals surface area (Å²) in [6.45, 7) is 6.97. The van der Waals surface area contributed by atoms with Gasteiger partial charge < -0.3 is 10.2 Å². The first kappa shape index (κ1) is 16.2. The molecule has 1 aromatic heterocycles. The Morgan fingerprint density at radius 1 is 1.33 bits per heavy atom. The fraction of sp³-hybridized carbons (Fsp3) is 0.800. The maximum atomic E-state index is 12.5. The van der Waals surface area contributed by atoms with Gasteiger partial charge in [0.1, 0.15) is 5.82 Å². The van der Waals surface area contributed by atoms with E-state index in [0.29, 0.717) is 6.54 Å².